The molecule has 37 heavy (non-hydrogen) atoms. The van der Waals surface area contributed by atoms with Gasteiger partial charge in [0.15, 0.2) is 11.5 Å². The van der Waals surface area contributed by atoms with Gasteiger partial charge in [0.05, 0.1) is 7.11 Å². The van der Waals surface area contributed by atoms with Crippen LogP contribution in [0, 0.1) is 10.1 Å². The van der Waals surface area contributed by atoms with Crippen molar-refractivity contribution < 1.29 is 38.5 Å². The number of unbranched alkanes of at least 4 members (excludes halogenated alkanes) is 1. The van der Waals surface area contributed by atoms with E-state index in [1.54, 1.807) is 24.3 Å². The Hall–Kier alpha value is -4.67. The number of nitrogens with zero attached hydrogens (tertiary/aromatic N) is 1. The summed E-state index contributed by atoms with van der Waals surface area (Å²) in [6.45, 7) is 1.36. The van der Waals surface area contributed by atoms with E-state index in [4.69, 9.17) is 14.2 Å². The number of benzene rings is 2. The lowest BCUT2D eigenvalue weighted by Crippen LogP contribution is -2.31. The number of carbonyl (C=O) groups is 3. The number of rotatable bonds is 14. The summed E-state index contributed by atoms with van der Waals surface area (Å²) in [7, 11) is 1.40. The van der Waals surface area contributed by atoms with Gasteiger partial charge in [-0.3, -0.25) is 4.79 Å². The first-order valence-corrected chi connectivity index (χ1v) is 11.3. The first-order valence-electron chi connectivity index (χ1n) is 11.3. The molecule has 0 aliphatic carbocycles. The summed E-state index contributed by atoms with van der Waals surface area (Å²) in [5.41, 5.74) is 1.03. The lowest BCUT2D eigenvalue weighted by Gasteiger charge is -2.10. The van der Waals surface area contributed by atoms with E-state index >= 15 is 0 Å². The van der Waals surface area contributed by atoms with Gasteiger partial charge < -0.3 is 24.4 Å². The van der Waals surface area contributed by atoms with Gasteiger partial charge in [-0.2, -0.15) is 0 Å². The Morgan fingerprint density at radius 3 is 2.62 bits per heavy atom. The molecule has 0 saturated heterocycles. The largest absolute Gasteiger partial charge is 0.493 e. The molecule has 11 heteroatoms. The molecule has 0 bridgehead atoms. The van der Waals surface area contributed by atoms with Crippen LogP contribution < -0.4 is 19.5 Å². The van der Waals surface area contributed by atoms with E-state index in [1.165, 1.54) is 37.5 Å². The lowest BCUT2D eigenvalue weighted by atomic mass is 10.2. The molecular weight excluding hydrogens is 484 g/mol. The van der Waals surface area contributed by atoms with Gasteiger partial charge in [-0.25, -0.2) is 9.59 Å². The van der Waals surface area contributed by atoms with Gasteiger partial charge in [0.2, 0.25) is 5.91 Å². The van der Waals surface area contributed by atoms with Gasteiger partial charge in [0, 0.05) is 12.5 Å². The second kappa shape index (κ2) is 15.4. The van der Waals surface area contributed by atoms with Crippen molar-refractivity contribution >= 4 is 23.9 Å². The number of nitrogens with one attached hydrogen (secondary N) is 1. The highest BCUT2D eigenvalue weighted by molar-refractivity contribution is 5.89. The number of hydrogen-bond donors (Lipinski definition) is 1. The van der Waals surface area contributed by atoms with Gasteiger partial charge in [-0.1, -0.05) is 30.4 Å². The van der Waals surface area contributed by atoms with Crippen molar-refractivity contribution in [3.63, 3.8) is 0 Å². The average molecular weight is 513 g/mol. The number of amides is 1. The lowest BCUT2D eigenvalue weighted by molar-refractivity contribution is -0.763. The fraction of sp³-hybridized carbons (Fsp3) is 0.269. The van der Waals surface area contributed by atoms with Crippen molar-refractivity contribution in [2.45, 2.75) is 32.8 Å². The van der Waals surface area contributed by atoms with Crippen LogP contribution in [0.2, 0.25) is 0 Å². The summed E-state index contributed by atoms with van der Waals surface area (Å²) in [6, 6.07) is 10.8. The Morgan fingerprint density at radius 1 is 1.08 bits per heavy atom. The minimum Gasteiger partial charge on any atom is -0.493 e. The Bertz CT molecular complexity index is 1160. The first kappa shape index (κ1) is 28.6. The van der Waals surface area contributed by atoms with Crippen molar-refractivity contribution in [3.05, 3.63) is 81.9 Å². The SMILES string of the molecule is C/C=C\CCCC(=O)NCC(=O)Oc1ccc(/C=C/C(=O)Oc2cccc(CO[N+](=O)[O-])c2)cc1OC. The molecule has 196 valence electrons. The maximum atomic E-state index is 12.2. The molecule has 0 unspecified atom stereocenters. The van der Waals surface area contributed by atoms with Gasteiger partial charge in [0.25, 0.3) is 5.09 Å². The molecule has 0 aliphatic rings. The van der Waals surface area contributed by atoms with Crippen molar-refractivity contribution in [3.8, 4) is 17.2 Å². The van der Waals surface area contributed by atoms with Crippen molar-refractivity contribution in [1.82, 2.24) is 5.32 Å². The molecule has 2 rings (SSSR count). The van der Waals surface area contributed by atoms with Crippen LogP contribution in [-0.2, 0) is 25.8 Å². The molecule has 0 spiro atoms. The number of hydrogen-bond acceptors (Lipinski definition) is 9. The summed E-state index contributed by atoms with van der Waals surface area (Å²) in [4.78, 5) is 50.7. The Labute approximate surface area is 213 Å². The molecule has 1 N–H and O–H groups in total. The van der Waals surface area contributed by atoms with Crippen molar-refractivity contribution in [2.75, 3.05) is 13.7 Å². The van der Waals surface area contributed by atoms with E-state index in [1.807, 2.05) is 19.1 Å². The third-order valence-corrected chi connectivity index (χ3v) is 4.72. The van der Waals surface area contributed by atoms with Gasteiger partial charge in [0.1, 0.15) is 18.9 Å². The summed E-state index contributed by atoms with van der Waals surface area (Å²) < 4.78 is 15.8. The molecule has 2 aromatic rings. The van der Waals surface area contributed by atoms with Crippen molar-refractivity contribution in [2.24, 2.45) is 0 Å². The highest BCUT2D eigenvalue weighted by atomic mass is 16.9. The second-order valence-electron chi connectivity index (χ2n) is 7.52. The Kier molecular flexibility index (Phi) is 11.9. The first-order chi connectivity index (χ1) is 17.8. The standard InChI is InChI=1S/C26H28N2O9/c1-3-4-5-6-10-24(29)27-17-26(31)37-22-13-11-19(16-23(22)34-2)12-14-25(30)36-21-9-7-8-20(15-21)18-35-28(32)33/h3-4,7-9,11-16H,5-6,10,17-18H2,1-2H3,(H,27,29)/b4-3-,14-12+. The van der Waals surface area contributed by atoms with E-state index < -0.39 is 17.0 Å². The van der Waals surface area contributed by atoms with Crippen LogP contribution in [0.5, 0.6) is 17.2 Å². The van der Waals surface area contributed by atoms with Gasteiger partial charge in [-0.05, 0) is 61.2 Å². The molecule has 0 fully saturated rings. The van der Waals surface area contributed by atoms with Crippen molar-refractivity contribution in [1.29, 1.82) is 0 Å². The van der Waals surface area contributed by atoms with Gasteiger partial charge in [-0.15, -0.1) is 10.1 Å². The number of carbonyl (C=O) groups excluding carboxylic acids is 3. The normalized spacial score (nSPS) is 10.8. The molecule has 0 radical (unpaired) electrons. The van der Waals surface area contributed by atoms with E-state index in [0.29, 0.717) is 24.0 Å². The predicted molar refractivity (Wildman–Crippen MR) is 133 cm³/mol. The number of allylic oxidation sites excluding steroid dienone is 2. The highest BCUT2D eigenvalue weighted by Gasteiger charge is 2.12. The fourth-order valence-electron chi connectivity index (χ4n) is 2.98. The molecule has 0 aliphatic heterocycles. The monoisotopic (exact) mass is 512 g/mol. The average Bonchev–Trinajstić information content (AvgIpc) is 2.88. The molecule has 0 atom stereocenters. The summed E-state index contributed by atoms with van der Waals surface area (Å²) in [5, 5.41) is 11.9. The molecule has 1 amide bonds. The minimum absolute atomic E-state index is 0.156. The Balaban J connectivity index is 1.90. The maximum absolute atomic E-state index is 12.2. The maximum Gasteiger partial charge on any atom is 0.336 e. The zero-order valence-corrected chi connectivity index (χ0v) is 20.5. The van der Waals surface area contributed by atoms with E-state index in [2.05, 4.69) is 10.2 Å². The fourth-order valence-corrected chi connectivity index (χ4v) is 2.98. The third-order valence-electron chi connectivity index (χ3n) is 4.72. The number of esters is 2. The zero-order chi connectivity index (χ0) is 27.0. The minimum atomic E-state index is -0.908. The van der Waals surface area contributed by atoms with E-state index in [0.717, 1.165) is 6.42 Å². The summed E-state index contributed by atoms with van der Waals surface area (Å²) >= 11 is 0. The van der Waals surface area contributed by atoms with Gasteiger partial charge >= 0.3 is 11.9 Å². The van der Waals surface area contributed by atoms with Crippen LogP contribution in [0.25, 0.3) is 6.08 Å². The van der Waals surface area contributed by atoms with Crippen LogP contribution in [0.3, 0.4) is 0 Å². The smallest absolute Gasteiger partial charge is 0.336 e. The molecule has 2 aromatic carbocycles. The summed E-state index contributed by atoms with van der Waals surface area (Å²) in [6.07, 6.45) is 8.33. The predicted octanol–water partition coefficient (Wildman–Crippen LogP) is 3.79. The molecular formula is C26H28N2O9. The molecule has 11 nitrogen and oxygen atoms in total. The number of methoxy groups -OCH3 is 1. The van der Waals surface area contributed by atoms with E-state index in [9.17, 15) is 24.5 Å². The van der Waals surface area contributed by atoms with E-state index in [-0.39, 0.29) is 36.3 Å². The highest BCUT2D eigenvalue weighted by Crippen LogP contribution is 2.28. The third kappa shape index (κ3) is 11.1. The topological polar surface area (TPSA) is 143 Å². The molecule has 0 saturated carbocycles. The molecule has 0 heterocycles. The number of ether oxygens (including phenoxy) is 3. The zero-order valence-electron chi connectivity index (χ0n) is 20.5. The van der Waals surface area contributed by atoms with Crippen LogP contribution >= 0.6 is 0 Å². The van der Waals surface area contributed by atoms with Crippen LogP contribution in [0.4, 0.5) is 0 Å². The summed E-state index contributed by atoms with van der Waals surface area (Å²) in [5.74, 6) is -0.967. The van der Waals surface area contributed by atoms with Crippen LogP contribution in [0.1, 0.15) is 37.3 Å². The molecule has 0 aromatic heterocycles. The van der Waals surface area contributed by atoms with Crippen LogP contribution in [0.15, 0.2) is 60.7 Å². The second-order valence-corrected chi connectivity index (χ2v) is 7.52. The Morgan fingerprint density at radius 2 is 1.89 bits per heavy atom. The van der Waals surface area contributed by atoms with Crippen LogP contribution in [-0.4, -0.2) is 36.6 Å². The quantitative estimate of drug-likeness (QED) is 0.0760.